The number of hydrogen-bond acceptors (Lipinski definition) is 4. The molecule has 26 heavy (non-hydrogen) atoms. The van der Waals surface area contributed by atoms with Crippen LogP contribution in [0.25, 0.3) is 0 Å². The molecular weight excluding hydrogens is 358 g/mol. The standard InChI is InChI=1S/C18H18ClN3O4/c19-14-7-5-12(6-8-14)15(22-18(21)25)9-16(23)26-10-11-1-3-13(4-2-11)17(20)24/h1-8,15H,9-10H2,(H2,20,24)(H3,21,22,25). The first-order valence-corrected chi connectivity index (χ1v) is 8.08. The highest BCUT2D eigenvalue weighted by atomic mass is 35.5. The van der Waals surface area contributed by atoms with Gasteiger partial charge in [0.15, 0.2) is 0 Å². The van der Waals surface area contributed by atoms with Crippen molar-refractivity contribution in [3.8, 4) is 0 Å². The van der Waals surface area contributed by atoms with E-state index in [4.69, 9.17) is 27.8 Å². The van der Waals surface area contributed by atoms with E-state index in [9.17, 15) is 14.4 Å². The van der Waals surface area contributed by atoms with Gasteiger partial charge in [-0.05, 0) is 35.4 Å². The second kappa shape index (κ2) is 8.87. The van der Waals surface area contributed by atoms with Crippen molar-refractivity contribution in [3.05, 3.63) is 70.2 Å². The molecule has 2 aromatic rings. The van der Waals surface area contributed by atoms with Crippen molar-refractivity contribution in [2.45, 2.75) is 19.1 Å². The number of rotatable bonds is 7. The van der Waals surface area contributed by atoms with Gasteiger partial charge in [0.25, 0.3) is 0 Å². The lowest BCUT2D eigenvalue weighted by Crippen LogP contribution is -2.34. The summed E-state index contributed by atoms with van der Waals surface area (Å²) >= 11 is 5.84. The molecule has 0 aliphatic carbocycles. The van der Waals surface area contributed by atoms with Gasteiger partial charge in [0, 0.05) is 10.6 Å². The molecule has 136 valence electrons. The number of benzene rings is 2. The maximum Gasteiger partial charge on any atom is 0.312 e. The fraction of sp³-hybridized carbons (Fsp3) is 0.167. The van der Waals surface area contributed by atoms with Gasteiger partial charge in [-0.1, -0.05) is 35.9 Å². The molecule has 8 heteroatoms. The first-order valence-electron chi connectivity index (χ1n) is 7.71. The summed E-state index contributed by atoms with van der Waals surface area (Å²) < 4.78 is 5.21. The number of urea groups is 1. The molecule has 2 aromatic carbocycles. The summed E-state index contributed by atoms with van der Waals surface area (Å²) in [5.74, 6) is -1.05. The van der Waals surface area contributed by atoms with Crippen LogP contribution in [-0.2, 0) is 16.1 Å². The Kier molecular flexibility index (Phi) is 6.57. The van der Waals surface area contributed by atoms with Crippen molar-refractivity contribution in [1.29, 1.82) is 0 Å². The molecule has 1 atom stereocenters. The average molecular weight is 376 g/mol. The number of ether oxygens (including phenoxy) is 1. The number of carbonyl (C=O) groups is 3. The predicted octanol–water partition coefficient (Wildman–Crippen LogP) is 2.28. The third-order valence-corrected chi connectivity index (χ3v) is 3.85. The highest BCUT2D eigenvalue weighted by molar-refractivity contribution is 6.30. The number of nitrogens with one attached hydrogen (secondary N) is 1. The summed E-state index contributed by atoms with van der Waals surface area (Å²) in [6.45, 7) is 0.0295. The third-order valence-electron chi connectivity index (χ3n) is 3.60. The molecule has 0 heterocycles. The molecule has 0 saturated heterocycles. The van der Waals surface area contributed by atoms with Crippen LogP contribution in [0.1, 0.15) is 33.9 Å². The lowest BCUT2D eigenvalue weighted by molar-refractivity contribution is -0.145. The molecule has 0 bridgehead atoms. The highest BCUT2D eigenvalue weighted by Gasteiger charge is 2.18. The van der Waals surface area contributed by atoms with Gasteiger partial charge in [-0.25, -0.2) is 4.79 Å². The second-order valence-electron chi connectivity index (χ2n) is 5.54. The number of halogens is 1. The van der Waals surface area contributed by atoms with Gasteiger partial charge in [-0.2, -0.15) is 0 Å². The Morgan fingerprint density at radius 3 is 2.15 bits per heavy atom. The predicted molar refractivity (Wildman–Crippen MR) is 96.3 cm³/mol. The van der Waals surface area contributed by atoms with Crippen molar-refractivity contribution in [1.82, 2.24) is 5.32 Å². The van der Waals surface area contributed by atoms with Crippen LogP contribution in [0.4, 0.5) is 4.79 Å². The Balaban J connectivity index is 1.97. The van der Waals surface area contributed by atoms with Gasteiger partial charge in [0.2, 0.25) is 5.91 Å². The minimum atomic E-state index is -0.750. The van der Waals surface area contributed by atoms with Crippen LogP contribution in [0.3, 0.4) is 0 Å². The van der Waals surface area contributed by atoms with E-state index in [0.29, 0.717) is 21.7 Å². The van der Waals surface area contributed by atoms with E-state index in [1.807, 2.05) is 0 Å². The van der Waals surface area contributed by atoms with E-state index in [0.717, 1.165) is 0 Å². The number of carbonyl (C=O) groups excluding carboxylic acids is 3. The summed E-state index contributed by atoms with van der Waals surface area (Å²) in [4.78, 5) is 34.3. The zero-order valence-electron chi connectivity index (χ0n) is 13.8. The molecular formula is C18H18ClN3O4. The van der Waals surface area contributed by atoms with Crippen molar-refractivity contribution < 1.29 is 19.1 Å². The van der Waals surface area contributed by atoms with Crippen molar-refractivity contribution in [2.24, 2.45) is 11.5 Å². The van der Waals surface area contributed by atoms with E-state index >= 15 is 0 Å². The largest absolute Gasteiger partial charge is 0.461 e. The lowest BCUT2D eigenvalue weighted by Gasteiger charge is -2.17. The minimum Gasteiger partial charge on any atom is -0.461 e. The van der Waals surface area contributed by atoms with Crippen LogP contribution in [-0.4, -0.2) is 17.9 Å². The summed E-state index contributed by atoms with van der Waals surface area (Å²) in [5.41, 5.74) is 12.1. The molecule has 0 spiro atoms. The quantitative estimate of drug-likeness (QED) is 0.642. The summed E-state index contributed by atoms with van der Waals surface area (Å²) in [6, 6.07) is 11.7. The molecule has 0 fully saturated rings. The molecule has 0 saturated carbocycles. The van der Waals surface area contributed by atoms with E-state index in [2.05, 4.69) is 5.32 Å². The summed E-state index contributed by atoms with van der Waals surface area (Å²) in [7, 11) is 0. The first-order chi connectivity index (χ1) is 12.3. The smallest absolute Gasteiger partial charge is 0.312 e. The minimum absolute atomic E-state index is 0.0295. The molecule has 0 aromatic heterocycles. The van der Waals surface area contributed by atoms with E-state index in [1.54, 1.807) is 48.5 Å². The van der Waals surface area contributed by atoms with Gasteiger partial charge in [0.05, 0.1) is 12.5 Å². The first kappa shape index (κ1) is 19.3. The van der Waals surface area contributed by atoms with Gasteiger partial charge in [-0.15, -0.1) is 0 Å². The van der Waals surface area contributed by atoms with Crippen LogP contribution in [0.5, 0.6) is 0 Å². The molecule has 3 amide bonds. The van der Waals surface area contributed by atoms with Crippen molar-refractivity contribution in [3.63, 3.8) is 0 Å². The highest BCUT2D eigenvalue weighted by Crippen LogP contribution is 2.20. The van der Waals surface area contributed by atoms with Crippen molar-refractivity contribution >= 4 is 29.5 Å². The topological polar surface area (TPSA) is 125 Å². The second-order valence-corrected chi connectivity index (χ2v) is 5.98. The Hall–Kier alpha value is -3.06. The molecule has 2 rings (SSSR count). The number of primary amides is 2. The van der Waals surface area contributed by atoms with Gasteiger partial charge >= 0.3 is 12.0 Å². The normalized spacial score (nSPS) is 11.4. The lowest BCUT2D eigenvalue weighted by atomic mass is 10.0. The van der Waals surface area contributed by atoms with Crippen molar-refractivity contribution in [2.75, 3.05) is 0 Å². The zero-order chi connectivity index (χ0) is 19.1. The number of hydrogen-bond donors (Lipinski definition) is 3. The molecule has 1 unspecified atom stereocenters. The zero-order valence-corrected chi connectivity index (χ0v) is 14.5. The Morgan fingerprint density at radius 2 is 1.62 bits per heavy atom. The van der Waals surface area contributed by atoms with E-state index in [-0.39, 0.29) is 13.0 Å². The number of nitrogens with two attached hydrogens (primary N) is 2. The molecule has 0 aliphatic heterocycles. The van der Waals surface area contributed by atoms with E-state index in [1.165, 1.54) is 0 Å². The van der Waals surface area contributed by atoms with E-state index < -0.39 is 23.9 Å². The van der Waals surface area contributed by atoms with Crippen LogP contribution in [0, 0.1) is 0 Å². The van der Waals surface area contributed by atoms with Gasteiger partial charge in [-0.3, -0.25) is 9.59 Å². The maximum atomic E-state index is 12.1. The Labute approximate surface area is 155 Å². The molecule has 7 nitrogen and oxygen atoms in total. The van der Waals surface area contributed by atoms with Crippen LogP contribution in [0.15, 0.2) is 48.5 Å². The number of amides is 3. The maximum absolute atomic E-state index is 12.1. The van der Waals surface area contributed by atoms with Crippen LogP contribution >= 0.6 is 11.6 Å². The molecule has 0 radical (unpaired) electrons. The summed E-state index contributed by atoms with van der Waals surface area (Å²) in [6.07, 6.45) is -0.0933. The monoisotopic (exact) mass is 375 g/mol. The Bertz CT molecular complexity index is 791. The average Bonchev–Trinajstić information content (AvgIpc) is 2.60. The van der Waals surface area contributed by atoms with Gasteiger partial charge < -0.3 is 21.5 Å². The third kappa shape index (κ3) is 5.78. The van der Waals surface area contributed by atoms with Crippen LogP contribution < -0.4 is 16.8 Å². The molecule has 0 aliphatic rings. The number of esters is 1. The van der Waals surface area contributed by atoms with Gasteiger partial charge in [0.1, 0.15) is 6.61 Å². The van der Waals surface area contributed by atoms with Crippen LogP contribution in [0.2, 0.25) is 5.02 Å². The SMILES string of the molecule is NC(=O)NC(CC(=O)OCc1ccc(C(N)=O)cc1)c1ccc(Cl)cc1. The fourth-order valence-electron chi connectivity index (χ4n) is 2.27. The summed E-state index contributed by atoms with van der Waals surface area (Å²) in [5, 5.41) is 3.04. The molecule has 5 N–H and O–H groups in total. The fourth-order valence-corrected chi connectivity index (χ4v) is 2.40. The Morgan fingerprint density at radius 1 is 1.00 bits per heavy atom.